The quantitative estimate of drug-likeness (QED) is 0.284. The SMILES string of the molecule is CCCCCCCCCCCCC([C]=O)[N+](=O)[O-]. The van der Waals surface area contributed by atoms with E-state index >= 15 is 0 Å². The molecule has 0 bridgehead atoms. The van der Waals surface area contributed by atoms with Crippen molar-refractivity contribution in [3.63, 3.8) is 0 Å². The van der Waals surface area contributed by atoms with Crippen molar-refractivity contribution in [2.45, 2.75) is 83.6 Å². The Hall–Kier alpha value is -0.930. The van der Waals surface area contributed by atoms with Crippen LogP contribution in [-0.2, 0) is 4.79 Å². The maximum Gasteiger partial charge on any atom is 0.278 e. The van der Waals surface area contributed by atoms with Crippen molar-refractivity contribution in [2.75, 3.05) is 0 Å². The molecule has 0 aromatic rings. The summed E-state index contributed by atoms with van der Waals surface area (Å²) in [7, 11) is 0. The fourth-order valence-corrected chi connectivity index (χ4v) is 2.03. The number of rotatable bonds is 13. The van der Waals surface area contributed by atoms with Gasteiger partial charge in [0.1, 0.15) is 0 Å². The number of nitrogens with zero attached hydrogens (tertiary/aromatic N) is 1. The van der Waals surface area contributed by atoms with Gasteiger partial charge in [-0.2, -0.15) is 0 Å². The van der Waals surface area contributed by atoms with E-state index in [1.54, 1.807) is 0 Å². The van der Waals surface area contributed by atoms with Crippen LogP contribution in [0.3, 0.4) is 0 Å². The molecule has 0 N–H and O–H groups in total. The highest BCUT2D eigenvalue weighted by Crippen LogP contribution is 2.12. The third-order valence-electron chi connectivity index (χ3n) is 3.22. The Kier molecular flexibility index (Phi) is 11.9. The summed E-state index contributed by atoms with van der Waals surface area (Å²) in [6.07, 6.45) is 13.8. The minimum Gasteiger partial charge on any atom is -0.283 e. The van der Waals surface area contributed by atoms with E-state index in [1.165, 1.54) is 51.2 Å². The lowest BCUT2D eigenvalue weighted by atomic mass is 10.0. The zero-order chi connectivity index (χ0) is 13.6. The van der Waals surface area contributed by atoms with Gasteiger partial charge in [0, 0.05) is 11.3 Å². The number of nitro groups is 1. The van der Waals surface area contributed by atoms with E-state index in [0.717, 1.165) is 19.3 Å². The second kappa shape index (κ2) is 12.5. The first-order valence-electron chi connectivity index (χ1n) is 7.23. The van der Waals surface area contributed by atoms with Gasteiger partial charge in [-0.15, -0.1) is 0 Å². The smallest absolute Gasteiger partial charge is 0.278 e. The summed E-state index contributed by atoms with van der Waals surface area (Å²) >= 11 is 0. The lowest BCUT2D eigenvalue weighted by molar-refractivity contribution is -0.503. The molecule has 0 aliphatic carbocycles. The highest BCUT2D eigenvalue weighted by molar-refractivity contribution is 5.56. The highest BCUT2D eigenvalue weighted by atomic mass is 16.6. The normalized spacial score (nSPS) is 12.3. The van der Waals surface area contributed by atoms with E-state index < -0.39 is 11.0 Å². The lowest BCUT2D eigenvalue weighted by Gasteiger charge is -2.03. The average Bonchev–Trinajstić information content (AvgIpc) is 2.35. The molecule has 0 saturated heterocycles. The largest absolute Gasteiger partial charge is 0.283 e. The van der Waals surface area contributed by atoms with Gasteiger partial charge in [0.15, 0.2) is 0 Å². The molecule has 0 aliphatic heterocycles. The molecular formula is C14H26NO3. The van der Waals surface area contributed by atoms with Crippen molar-refractivity contribution in [1.82, 2.24) is 0 Å². The molecule has 0 amide bonds. The van der Waals surface area contributed by atoms with Crippen molar-refractivity contribution in [1.29, 1.82) is 0 Å². The van der Waals surface area contributed by atoms with Crippen molar-refractivity contribution >= 4 is 6.29 Å². The third kappa shape index (κ3) is 10.2. The van der Waals surface area contributed by atoms with Crippen LogP contribution in [-0.4, -0.2) is 17.3 Å². The van der Waals surface area contributed by atoms with Crippen LogP contribution in [0.5, 0.6) is 0 Å². The Balaban J connectivity index is 3.20. The molecule has 0 aromatic carbocycles. The number of hydrogen-bond donors (Lipinski definition) is 0. The summed E-state index contributed by atoms with van der Waals surface area (Å²) in [5.41, 5.74) is 0. The number of unbranched alkanes of at least 4 members (excludes halogenated alkanes) is 9. The second-order valence-electron chi connectivity index (χ2n) is 4.89. The van der Waals surface area contributed by atoms with E-state index in [-0.39, 0.29) is 0 Å². The van der Waals surface area contributed by atoms with Crippen LogP contribution in [0.25, 0.3) is 0 Å². The standard InChI is InChI=1S/C14H26NO3/c1-2-3-4-5-6-7-8-9-10-11-12-14(13-16)15(17)18/h14H,2-12H2,1H3. The first-order valence-corrected chi connectivity index (χ1v) is 7.23. The van der Waals surface area contributed by atoms with E-state index in [4.69, 9.17) is 0 Å². The van der Waals surface area contributed by atoms with Gasteiger partial charge < -0.3 is 0 Å². The van der Waals surface area contributed by atoms with Crippen molar-refractivity contribution in [2.24, 2.45) is 0 Å². The predicted octanol–water partition coefficient (Wildman–Crippen LogP) is 4.05. The molecular weight excluding hydrogens is 230 g/mol. The molecule has 0 rings (SSSR count). The summed E-state index contributed by atoms with van der Waals surface area (Å²) in [6.45, 7) is 2.22. The van der Waals surface area contributed by atoms with Gasteiger partial charge in [0.05, 0.1) is 0 Å². The Morgan fingerprint density at radius 1 is 0.944 bits per heavy atom. The minimum absolute atomic E-state index is 0.340. The van der Waals surface area contributed by atoms with Crippen LogP contribution in [0, 0.1) is 10.1 Å². The molecule has 0 fully saturated rings. The van der Waals surface area contributed by atoms with Gasteiger partial charge in [-0.1, -0.05) is 64.7 Å². The first-order chi connectivity index (χ1) is 8.72. The van der Waals surface area contributed by atoms with Gasteiger partial charge >= 0.3 is 0 Å². The summed E-state index contributed by atoms with van der Waals surface area (Å²) in [6, 6.07) is -1.11. The summed E-state index contributed by atoms with van der Waals surface area (Å²) in [5, 5.41) is 10.4. The van der Waals surface area contributed by atoms with Crippen molar-refractivity contribution < 1.29 is 9.72 Å². The zero-order valence-electron chi connectivity index (χ0n) is 11.5. The Bertz CT molecular complexity index is 219. The van der Waals surface area contributed by atoms with Crippen LogP contribution < -0.4 is 0 Å². The Morgan fingerprint density at radius 3 is 1.78 bits per heavy atom. The molecule has 1 atom stereocenters. The van der Waals surface area contributed by atoms with E-state index in [1.807, 2.05) is 0 Å². The van der Waals surface area contributed by atoms with Gasteiger partial charge in [0.2, 0.25) is 0 Å². The molecule has 4 nitrogen and oxygen atoms in total. The van der Waals surface area contributed by atoms with E-state index in [0.29, 0.717) is 6.42 Å². The molecule has 0 aromatic heterocycles. The van der Waals surface area contributed by atoms with E-state index in [2.05, 4.69) is 6.92 Å². The molecule has 1 unspecified atom stereocenters. The molecule has 105 valence electrons. The molecule has 4 heteroatoms. The van der Waals surface area contributed by atoms with Gasteiger partial charge in [0.25, 0.3) is 12.3 Å². The first kappa shape index (κ1) is 17.1. The van der Waals surface area contributed by atoms with Crippen LogP contribution in [0.2, 0.25) is 0 Å². The molecule has 0 saturated carbocycles. The maximum atomic E-state index is 10.4. The van der Waals surface area contributed by atoms with Crippen molar-refractivity contribution in [3.05, 3.63) is 10.1 Å². The van der Waals surface area contributed by atoms with E-state index in [9.17, 15) is 14.9 Å². The Morgan fingerprint density at radius 2 is 1.39 bits per heavy atom. The summed E-state index contributed by atoms with van der Waals surface area (Å²) in [4.78, 5) is 20.1. The molecule has 1 radical (unpaired) electrons. The summed E-state index contributed by atoms with van der Waals surface area (Å²) in [5.74, 6) is 0. The molecule has 0 heterocycles. The van der Waals surface area contributed by atoms with Crippen LogP contribution >= 0.6 is 0 Å². The van der Waals surface area contributed by atoms with Gasteiger partial charge in [-0.3, -0.25) is 14.9 Å². The average molecular weight is 256 g/mol. The topological polar surface area (TPSA) is 60.2 Å². The van der Waals surface area contributed by atoms with Gasteiger partial charge in [-0.05, 0) is 6.42 Å². The third-order valence-corrected chi connectivity index (χ3v) is 3.22. The second-order valence-corrected chi connectivity index (χ2v) is 4.89. The van der Waals surface area contributed by atoms with Gasteiger partial charge in [-0.25, -0.2) is 0 Å². The Labute approximate surface area is 110 Å². The zero-order valence-corrected chi connectivity index (χ0v) is 11.5. The van der Waals surface area contributed by atoms with Crippen LogP contribution in [0.1, 0.15) is 77.6 Å². The number of carbonyl (C=O) groups excluding carboxylic acids is 1. The molecule has 18 heavy (non-hydrogen) atoms. The lowest BCUT2D eigenvalue weighted by Crippen LogP contribution is -2.20. The molecule has 0 aliphatic rings. The predicted molar refractivity (Wildman–Crippen MR) is 72.9 cm³/mol. The fraction of sp³-hybridized carbons (Fsp3) is 0.929. The van der Waals surface area contributed by atoms with Crippen LogP contribution in [0.4, 0.5) is 0 Å². The molecule has 0 spiro atoms. The summed E-state index contributed by atoms with van der Waals surface area (Å²) < 4.78 is 0. The number of hydrogen-bond acceptors (Lipinski definition) is 3. The monoisotopic (exact) mass is 256 g/mol. The fourth-order valence-electron chi connectivity index (χ4n) is 2.03. The maximum absolute atomic E-state index is 10.4. The minimum atomic E-state index is -1.11. The highest BCUT2D eigenvalue weighted by Gasteiger charge is 2.18. The van der Waals surface area contributed by atoms with Crippen molar-refractivity contribution in [3.8, 4) is 0 Å². The van der Waals surface area contributed by atoms with Crippen LogP contribution in [0.15, 0.2) is 0 Å².